The Balaban J connectivity index is 2.20. The van der Waals surface area contributed by atoms with Crippen molar-refractivity contribution < 1.29 is 5.11 Å². The van der Waals surface area contributed by atoms with Gasteiger partial charge in [-0.1, -0.05) is 32.9 Å². The molecule has 18 heavy (non-hydrogen) atoms. The van der Waals surface area contributed by atoms with E-state index in [9.17, 15) is 0 Å². The molecule has 4 nitrogen and oxygen atoms in total. The minimum atomic E-state index is 0.0711. The van der Waals surface area contributed by atoms with E-state index in [1.165, 1.54) is 0 Å². The number of fused-ring (bicyclic) bond motifs is 1. The number of aliphatic hydroxyl groups excluding tert-OH is 1. The van der Waals surface area contributed by atoms with E-state index in [1.807, 2.05) is 24.3 Å². The van der Waals surface area contributed by atoms with E-state index in [2.05, 4.69) is 36.1 Å². The van der Waals surface area contributed by atoms with E-state index in [0.717, 1.165) is 17.0 Å². The summed E-state index contributed by atoms with van der Waals surface area (Å²) >= 11 is 0. The molecule has 0 fully saturated rings. The Morgan fingerprint density at radius 3 is 2.67 bits per heavy atom. The summed E-state index contributed by atoms with van der Waals surface area (Å²) in [6, 6.07) is 8.13. The predicted octanol–water partition coefficient (Wildman–Crippen LogP) is 2.77. The molecule has 0 spiro atoms. The van der Waals surface area contributed by atoms with Crippen LogP contribution < -0.4 is 5.32 Å². The molecule has 1 atom stereocenters. The number of imidazole rings is 1. The van der Waals surface area contributed by atoms with Gasteiger partial charge in [-0.3, -0.25) is 0 Å². The van der Waals surface area contributed by atoms with Crippen LogP contribution in [0.15, 0.2) is 24.3 Å². The predicted molar refractivity (Wildman–Crippen MR) is 74.7 cm³/mol. The van der Waals surface area contributed by atoms with Crippen molar-refractivity contribution in [3.05, 3.63) is 24.3 Å². The fourth-order valence-electron chi connectivity index (χ4n) is 2.04. The van der Waals surface area contributed by atoms with E-state index in [0.29, 0.717) is 6.42 Å². The zero-order valence-corrected chi connectivity index (χ0v) is 11.2. The van der Waals surface area contributed by atoms with Crippen molar-refractivity contribution in [3.63, 3.8) is 0 Å². The van der Waals surface area contributed by atoms with E-state index < -0.39 is 0 Å². The van der Waals surface area contributed by atoms with Crippen molar-refractivity contribution >= 4 is 17.0 Å². The van der Waals surface area contributed by atoms with Crippen molar-refractivity contribution in [1.82, 2.24) is 9.97 Å². The minimum absolute atomic E-state index is 0.0711. The van der Waals surface area contributed by atoms with Gasteiger partial charge in [0.1, 0.15) is 0 Å². The molecule has 0 aliphatic heterocycles. The van der Waals surface area contributed by atoms with Crippen LogP contribution in [0, 0.1) is 5.41 Å². The first-order valence-electron chi connectivity index (χ1n) is 6.33. The van der Waals surface area contributed by atoms with Gasteiger partial charge in [-0.25, -0.2) is 4.98 Å². The number of anilines is 1. The van der Waals surface area contributed by atoms with Gasteiger partial charge < -0.3 is 15.4 Å². The van der Waals surface area contributed by atoms with E-state index in [4.69, 9.17) is 5.11 Å². The number of benzene rings is 1. The fraction of sp³-hybridized carbons (Fsp3) is 0.500. The Kier molecular flexibility index (Phi) is 3.57. The molecule has 1 aromatic carbocycles. The molecule has 0 radical (unpaired) electrons. The average Bonchev–Trinajstić information content (AvgIpc) is 2.69. The molecule has 98 valence electrons. The van der Waals surface area contributed by atoms with Gasteiger partial charge in [-0.2, -0.15) is 0 Å². The second-order valence-electron chi connectivity index (χ2n) is 5.68. The minimum Gasteiger partial charge on any atom is -0.396 e. The second-order valence-corrected chi connectivity index (χ2v) is 5.68. The lowest BCUT2D eigenvalue weighted by Crippen LogP contribution is -2.35. The number of aliphatic hydroxyl groups is 1. The molecule has 1 aromatic heterocycles. The Bertz CT molecular complexity index is 480. The third-order valence-electron chi connectivity index (χ3n) is 3.16. The monoisotopic (exact) mass is 247 g/mol. The summed E-state index contributed by atoms with van der Waals surface area (Å²) in [6.45, 7) is 6.64. The summed E-state index contributed by atoms with van der Waals surface area (Å²) in [5, 5.41) is 12.5. The molecule has 0 amide bonds. The highest BCUT2D eigenvalue weighted by Crippen LogP contribution is 2.25. The Hall–Kier alpha value is -1.55. The van der Waals surface area contributed by atoms with Gasteiger partial charge in [0, 0.05) is 12.6 Å². The summed E-state index contributed by atoms with van der Waals surface area (Å²) in [6.07, 6.45) is 0.709. The number of hydrogen-bond acceptors (Lipinski definition) is 3. The highest BCUT2D eigenvalue weighted by Gasteiger charge is 2.24. The fourth-order valence-corrected chi connectivity index (χ4v) is 2.04. The van der Waals surface area contributed by atoms with Crippen molar-refractivity contribution in [2.75, 3.05) is 11.9 Å². The molecule has 0 saturated carbocycles. The first kappa shape index (κ1) is 12.9. The first-order chi connectivity index (χ1) is 8.50. The summed E-state index contributed by atoms with van der Waals surface area (Å²) in [7, 11) is 0. The molecule has 3 N–H and O–H groups in total. The smallest absolute Gasteiger partial charge is 0.201 e. The van der Waals surface area contributed by atoms with Crippen LogP contribution in [0.25, 0.3) is 11.0 Å². The number of hydrogen-bond donors (Lipinski definition) is 3. The van der Waals surface area contributed by atoms with Crippen molar-refractivity contribution in [1.29, 1.82) is 0 Å². The maximum Gasteiger partial charge on any atom is 0.201 e. The van der Waals surface area contributed by atoms with Crippen LogP contribution in [-0.2, 0) is 0 Å². The van der Waals surface area contributed by atoms with Crippen molar-refractivity contribution in [3.8, 4) is 0 Å². The second kappa shape index (κ2) is 4.98. The van der Waals surface area contributed by atoms with Gasteiger partial charge >= 0.3 is 0 Å². The SMILES string of the molecule is CC(C)(C)C(CCO)Nc1nc2ccccc2[nH]1. The van der Waals surface area contributed by atoms with E-state index in [1.54, 1.807) is 0 Å². The molecule has 0 bridgehead atoms. The number of para-hydroxylation sites is 2. The van der Waals surface area contributed by atoms with E-state index >= 15 is 0 Å². The van der Waals surface area contributed by atoms with Crippen LogP contribution in [-0.4, -0.2) is 27.7 Å². The summed E-state index contributed by atoms with van der Waals surface area (Å²) in [5.74, 6) is 0.768. The van der Waals surface area contributed by atoms with Gasteiger partial charge in [-0.05, 0) is 24.0 Å². The van der Waals surface area contributed by atoms with Crippen LogP contribution in [0.4, 0.5) is 5.95 Å². The average molecular weight is 247 g/mol. The molecule has 1 heterocycles. The Morgan fingerprint density at radius 1 is 1.33 bits per heavy atom. The normalized spacial score (nSPS) is 13.8. The van der Waals surface area contributed by atoms with Crippen molar-refractivity contribution in [2.45, 2.75) is 33.2 Å². The maximum absolute atomic E-state index is 9.15. The number of rotatable bonds is 4. The molecule has 2 rings (SSSR count). The van der Waals surface area contributed by atoms with Crippen LogP contribution >= 0.6 is 0 Å². The number of aromatic amines is 1. The van der Waals surface area contributed by atoms with Gasteiger partial charge in [0.15, 0.2) is 0 Å². The molecule has 0 aliphatic carbocycles. The summed E-state index contributed by atoms with van der Waals surface area (Å²) in [4.78, 5) is 7.75. The number of aromatic nitrogens is 2. The molecule has 0 saturated heterocycles. The lowest BCUT2D eigenvalue weighted by Gasteiger charge is -2.30. The number of H-pyrrole nitrogens is 1. The molecule has 2 aromatic rings. The lowest BCUT2D eigenvalue weighted by atomic mass is 9.85. The largest absolute Gasteiger partial charge is 0.396 e. The zero-order chi connectivity index (χ0) is 13.2. The van der Waals surface area contributed by atoms with Crippen LogP contribution in [0.3, 0.4) is 0 Å². The third-order valence-corrected chi connectivity index (χ3v) is 3.16. The van der Waals surface area contributed by atoms with Gasteiger partial charge in [0.2, 0.25) is 5.95 Å². The Labute approximate surface area is 107 Å². The van der Waals surface area contributed by atoms with Gasteiger partial charge in [-0.15, -0.1) is 0 Å². The van der Waals surface area contributed by atoms with Crippen LogP contribution in [0.5, 0.6) is 0 Å². The highest BCUT2D eigenvalue weighted by atomic mass is 16.3. The van der Waals surface area contributed by atoms with Crippen molar-refractivity contribution in [2.24, 2.45) is 5.41 Å². The molecule has 0 aliphatic rings. The summed E-state index contributed by atoms with van der Waals surface area (Å²) in [5.41, 5.74) is 2.05. The number of nitrogens with zero attached hydrogens (tertiary/aromatic N) is 1. The van der Waals surface area contributed by atoms with Gasteiger partial charge in [0.05, 0.1) is 11.0 Å². The quantitative estimate of drug-likeness (QED) is 0.778. The third kappa shape index (κ3) is 2.82. The standard InChI is InChI=1S/C14H21N3O/c1-14(2,3)12(8-9-18)17-13-15-10-6-4-5-7-11(10)16-13/h4-7,12,18H,8-9H2,1-3H3,(H2,15,16,17). The lowest BCUT2D eigenvalue weighted by molar-refractivity contribution is 0.235. The molecular formula is C14H21N3O. The van der Waals surface area contributed by atoms with E-state index in [-0.39, 0.29) is 18.1 Å². The van der Waals surface area contributed by atoms with Gasteiger partial charge in [0.25, 0.3) is 0 Å². The van der Waals surface area contributed by atoms with Crippen LogP contribution in [0.1, 0.15) is 27.2 Å². The first-order valence-corrected chi connectivity index (χ1v) is 6.33. The number of nitrogens with one attached hydrogen (secondary N) is 2. The zero-order valence-electron chi connectivity index (χ0n) is 11.2. The summed E-state index contributed by atoms with van der Waals surface area (Å²) < 4.78 is 0. The topological polar surface area (TPSA) is 60.9 Å². The highest BCUT2D eigenvalue weighted by molar-refractivity contribution is 5.77. The van der Waals surface area contributed by atoms with Crippen LogP contribution in [0.2, 0.25) is 0 Å². The molecule has 4 heteroatoms. The maximum atomic E-state index is 9.15. The molecule has 1 unspecified atom stereocenters. The molecular weight excluding hydrogens is 226 g/mol. The Morgan fingerprint density at radius 2 is 2.06 bits per heavy atom.